The molecule has 0 heterocycles. The summed E-state index contributed by atoms with van der Waals surface area (Å²) in [6.07, 6.45) is 0.275. The summed E-state index contributed by atoms with van der Waals surface area (Å²) in [6, 6.07) is 5.21. The molecule has 0 aliphatic heterocycles. The Hall–Kier alpha value is -0.770. The van der Waals surface area contributed by atoms with Crippen LogP contribution < -0.4 is 0 Å². The van der Waals surface area contributed by atoms with Gasteiger partial charge in [-0.2, -0.15) is 0 Å². The van der Waals surface area contributed by atoms with Crippen LogP contribution >= 0.6 is 23.2 Å². The van der Waals surface area contributed by atoms with Crippen molar-refractivity contribution in [2.24, 2.45) is 0 Å². The molecule has 0 saturated heterocycles. The van der Waals surface area contributed by atoms with Gasteiger partial charge in [-0.3, -0.25) is 4.79 Å². The van der Waals surface area contributed by atoms with E-state index in [1.165, 1.54) is 0 Å². The number of halogens is 2. The van der Waals surface area contributed by atoms with E-state index in [1.54, 1.807) is 13.0 Å². The van der Waals surface area contributed by atoms with Crippen molar-refractivity contribution in [1.29, 1.82) is 0 Å². The second-order valence-corrected chi connectivity index (χ2v) is 5.06. The minimum absolute atomic E-state index is 0.0970. The number of benzene rings is 1. The molecule has 5 heteroatoms. The Bertz CT molecular complexity index is 401. The Kier molecular flexibility index (Phi) is 5.93. The molecule has 0 bridgehead atoms. The summed E-state index contributed by atoms with van der Waals surface area (Å²) >= 11 is 12.0. The van der Waals surface area contributed by atoms with Crippen LogP contribution in [0.5, 0.6) is 0 Å². The van der Waals surface area contributed by atoms with Crippen molar-refractivity contribution in [3.05, 3.63) is 33.8 Å². The third kappa shape index (κ3) is 4.48. The molecular weight excluding hydrogens is 273 g/mol. The van der Waals surface area contributed by atoms with Gasteiger partial charge in [-0.05, 0) is 44.8 Å². The summed E-state index contributed by atoms with van der Waals surface area (Å²) in [5.74, 6) is -0.229. The second kappa shape index (κ2) is 6.98. The van der Waals surface area contributed by atoms with Crippen LogP contribution in [0.2, 0.25) is 10.0 Å². The molecule has 0 N–H and O–H groups in total. The zero-order valence-electron chi connectivity index (χ0n) is 10.7. The first-order valence-corrected chi connectivity index (χ1v) is 6.47. The first-order chi connectivity index (χ1) is 8.43. The highest BCUT2D eigenvalue weighted by Gasteiger charge is 2.19. The Balaban J connectivity index is 2.93. The molecule has 0 aromatic heterocycles. The van der Waals surface area contributed by atoms with Gasteiger partial charge in [0.2, 0.25) is 0 Å². The number of carbonyl (C=O) groups is 1. The van der Waals surface area contributed by atoms with E-state index < -0.39 is 0 Å². The van der Waals surface area contributed by atoms with E-state index >= 15 is 0 Å². The average molecular weight is 290 g/mol. The molecule has 0 aliphatic carbocycles. The van der Waals surface area contributed by atoms with Gasteiger partial charge in [-0.15, -0.1) is 0 Å². The number of hydrogen-bond donors (Lipinski definition) is 0. The van der Waals surface area contributed by atoms with Gasteiger partial charge in [0, 0.05) is 16.1 Å². The quantitative estimate of drug-likeness (QED) is 0.777. The van der Waals surface area contributed by atoms with E-state index in [-0.39, 0.29) is 18.4 Å². The maximum atomic E-state index is 11.6. The fourth-order valence-electron chi connectivity index (χ4n) is 1.74. The standard InChI is InChI=1S/C13H17Cl2NO2/c1-4-18-13(17)8-12(16(2)3)9-5-10(14)7-11(15)6-9/h5-7,12H,4,8H2,1-3H3. The van der Waals surface area contributed by atoms with Crippen molar-refractivity contribution < 1.29 is 9.53 Å². The van der Waals surface area contributed by atoms with Gasteiger partial charge in [-0.1, -0.05) is 23.2 Å². The lowest BCUT2D eigenvalue weighted by molar-refractivity contribution is -0.144. The lowest BCUT2D eigenvalue weighted by Crippen LogP contribution is -2.23. The minimum Gasteiger partial charge on any atom is -0.466 e. The third-order valence-electron chi connectivity index (χ3n) is 2.56. The summed E-state index contributed by atoms with van der Waals surface area (Å²) in [5, 5.41) is 1.13. The van der Waals surface area contributed by atoms with E-state index in [4.69, 9.17) is 27.9 Å². The monoisotopic (exact) mass is 289 g/mol. The van der Waals surface area contributed by atoms with Crippen molar-refractivity contribution in [2.75, 3.05) is 20.7 Å². The molecular formula is C13H17Cl2NO2. The number of hydrogen-bond acceptors (Lipinski definition) is 3. The highest BCUT2D eigenvalue weighted by molar-refractivity contribution is 6.34. The second-order valence-electron chi connectivity index (χ2n) is 4.19. The van der Waals surface area contributed by atoms with Gasteiger partial charge in [0.15, 0.2) is 0 Å². The van der Waals surface area contributed by atoms with Gasteiger partial charge in [0.1, 0.15) is 0 Å². The average Bonchev–Trinajstić information content (AvgIpc) is 2.24. The maximum Gasteiger partial charge on any atom is 0.307 e. The first kappa shape index (κ1) is 15.3. The van der Waals surface area contributed by atoms with Crippen molar-refractivity contribution >= 4 is 29.2 Å². The molecule has 100 valence electrons. The van der Waals surface area contributed by atoms with Crippen LogP contribution in [0.25, 0.3) is 0 Å². The minimum atomic E-state index is -0.229. The lowest BCUT2D eigenvalue weighted by Gasteiger charge is -2.24. The van der Waals surface area contributed by atoms with Crippen LogP contribution in [0, 0.1) is 0 Å². The fourth-order valence-corrected chi connectivity index (χ4v) is 2.29. The first-order valence-electron chi connectivity index (χ1n) is 5.72. The topological polar surface area (TPSA) is 29.5 Å². The van der Waals surface area contributed by atoms with Crippen LogP contribution in [0.3, 0.4) is 0 Å². The van der Waals surface area contributed by atoms with E-state index in [1.807, 2.05) is 31.1 Å². The molecule has 0 fully saturated rings. The summed E-state index contributed by atoms with van der Waals surface area (Å²) in [6.45, 7) is 2.17. The molecule has 0 amide bonds. The molecule has 0 radical (unpaired) electrons. The zero-order valence-corrected chi connectivity index (χ0v) is 12.3. The van der Waals surface area contributed by atoms with Crippen molar-refractivity contribution in [3.8, 4) is 0 Å². The molecule has 0 aliphatic rings. The number of carbonyl (C=O) groups excluding carboxylic acids is 1. The SMILES string of the molecule is CCOC(=O)CC(c1cc(Cl)cc(Cl)c1)N(C)C. The van der Waals surface area contributed by atoms with E-state index in [0.29, 0.717) is 16.7 Å². The fraction of sp³-hybridized carbons (Fsp3) is 0.462. The Morgan fingerprint density at radius 2 is 1.83 bits per heavy atom. The smallest absolute Gasteiger partial charge is 0.307 e. The molecule has 18 heavy (non-hydrogen) atoms. The molecule has 1 aromatic rings. The molecule has 3 nitrogen and oxygen atoms in total. The third-order valence-corrected chi connectivity index (χ3v) is 2.99. The number of rotatable bonds is 5. The van der Waals surface area contributed by atoms with Crippen LogP contribution in [-0.4, -0.2) is 31.6 Å². The summed E-state index contributed by atoms with van der Waals surface area (Å²) in [4.78, 5) is 13.5. The van der Waals surface area contributed by atoms with E-state index in [0.717, 1.165) is 5.56 Å². The molecule has 0 saturated carbocycles. The normalized spacial score (nSPS) is 12.6. The molecule has 1 unspecified atom stereocenters. The van der Waals surface area contributed by atoms with Crippen molar-refractivity contribution in [2.45, 2.75) is 19.4 Å². The number of ether oxygens (including phenoxy) is 1. The highest BCUT2D eigenvalue weighted by atomic mass is 35.5. The van der Waals surface area contributed by atoms with Crippen LogP contribution in [-0.2, 0) is 9.53 Å². The van der Waals surface area contributed by atoms with Crippen molar-refractivity contribution in [3.63, 3.8) is 0 Å². The summed E-state index contributed by atoms with van der Waals surface area (Å²) in [7, 11) is 3.80. The van der Waals surface area contributed by atoms with Gasteiger partial charge in [0.05, 0.1) is 13.0 Å². The number of nitrogens with zero attached hydrogens (tertiary/aromatic N) is 1. The van der Waals surface area contributed by atoms with Crippen LogP contribution in [0.4, 0.5) is 0 Å². The van der Waals surface area contributed by atoms with E-state index in [9.17, 15) is 4.79 Å². The highest BCUT2D eigenvalue weighted by Crippen LogP contribution is 2.28. The predicted molar refractivity (Wildman–Crippen MR) is 74.1 cm³/mol. The van der Waals surface area contributed by atoms with Crippen molar-refractivity contribution in [1.82, 2.24) is 4.90 Å². The van der Waals surface area contributed by atoms with Crippen LogP contribution in [0.1, 0.15) is 24.9 Å². The summed E-state index contributed by atoms with van der Waals surface area (Å²) in [5.41, 5.74) is 0.908. The zero-order chi connectivity index (χ0) is 13.7. The number of esters is 1. The molecule has 0 spiro atoms. The van der Waals surface area contributed by atoms with Gasteiger partial charge >= 0.3 is 5.97 Å². The predicted octanol–water partition coefficient (Wildman–Crippen LogP) is 3.55. The Morgan fingerprint density at radius 1 is 1.28 bits per heavy atom. The van der Waals surface area contributed by atoms with Gasteiger partial charge in [0.25, 0.3) is 0 Å². The van der Waals surface area contributed by atoms with Crippen LogP contribution in [0.15, 0.2) is 18.2 Å². The lowest BCUT2D eigenvalue weighted by atomic mass is 10.0. The summed E-state index contributed by atoms with van der Waals surface area (Å²) < 4.78 is 4.97. The van der Waals surface area contributed by atoms with E-state index in [2.05, 4.69) is 0 Å². The molecule has 1 aromatic carbocycles. The maximum absolute atomic E-state index is 11.6. The molecule has 1 atom stereocenters. The largest absolute Gasteiger partial charge is 0.466 e. The Morgan fingerprint density at radius 3 is 2.28 bits per heavy atom. The van der Waals surface area contributed by atoms with Gasteiger partial charge in [-0.25, -0.2) is 0 Å². The van der Waals surface area contributed by atoms with Gasteiger partial charge < -0.3 is 9.64 Å². The molecule has 1 rings (SSSR count). The Labute approximate surface area is 118 Å².